The van der Waals surface area contributed by atoms with E-state index in [4.69, 9.17) is 14.7 Å². The number of benzene rings is 1. The standard InChI is InChI=1S/C18H21N3O4/c1-18(2,3)25-17(23)20-7-8-21-14-6-5-12(11-19)9-13(14)10-15(21)16(22)24-4/h5-6,9-10H,7-8H2,1-4H3,(H,20,23). The fraction of sp³-hybridized carbons (Fsp3) is 0.389. The first kappa shape index (κ1) is 18.3. The number of nitrogens with one attached hydrogen (secondary N) is 1. The second kappa shape index (κ2) is 7.26. The zero-order chi connectivity index (χ0) is 18.6. The first-order valence-electron chi connectivity index (χ1n) is 7.83. The van der Waals surface area contributed by atoms with Crippen molar-refractivity contribution in [3.8, 4) is 6.07 Å². The highest BCUT2D eigenvalue weighted by atomic mass is 16.6. The van der Waals surface area contributed by atoms with E-state index in [1.165, 1.54) is 7.11 Å². The molecule has 7 nitrogen and oxygen atoms in total. The van der Waals surface area contributed by atoms with Gasteiger partial charge in [0.2, 0.25) is 0 Å². The second-order valence-corrected chi connectivity index (χ2v) is 6.49. The van der Waals surface area contributed by atoms with Gasteiger partial charge in [-0.05, 0) is 45.0 Å². The maximum Gasteiger partial charge on any atom is 0.407 e. The van der Waals surface area contributed by atoms with Crippen molar-refractivity contribution in [2.45, 2.75) is 32.9 Å². The van der Waals surface area contributed by atoms with E-state index in [0.717, 1.165) is 10.9 Å². The highest BCUT2D eigenvalue weighted by Crippen LogP contribution is 2.22. The normalized spacial score (nSPS) is 11.0. The van der Waals surface area contributed by atoms with Crippen molar-refractivity contribution in [2.24, 2.45) is 0 Å². The number of rotatable bonds is 4. The van der Waals surface area contributed by atoms with Crippen LogP contribution < -0.4 is 5.32 Å². The van der Waals surface area contributed by atoms with Crippen molar-refractivity contribution < 1.29 is 19.1 Å². The molecule has 0 aliphatic rings. The Hall–Kier alpha value is -3.01. The van der Waals surface area contributed by atoms with Gasteiger partial charge in [-0.15, -0.1) is 0 Å². The van der Waals surface area contributed by atoms with Crippen molar-refractivity contribution in [3.05, 3.63) is 35.5 Å². The summed E-state index contributed by atoms with van der Waals surface area (Å²) in [4.78, 5) is 23.8. The summed E-state index contributed by atoms with van der Waals surface area (Å²) in [7, 11) is 1.31. The largest absolute Gasteiger partial charge is 0.464 e. The van der Waals surface area contributed by atoms with Gasteiger partial charge in [0, 0.05) is 24.0 Å². The summed E-state index contributed by atoms with van der Waals surface area (Å²) in [5, 5.41) is 12.4. The van der Waals surface area contributed by atoms with Crippen LogP contribution in [0.15, 0.2) is 24.3 Å². The van der Waals surface area contributed by atoms with Gasteiger partial charge in [0.1, 0.15) is 11.3 Å². The first-order chi connectivity index (χ1) is 11.7. The molecular weight excluding hydrogens is 322 g/mol. The minimum atomic E-state index is -0.574. The average molecular weight is 343 g/mol. The molecule has 0 saturated carbocycles. The van der Waals surface area contributed by atoms with Gasteiger partial charge in [0.05, 0.1) is 18.7 Å². The van der Waals surface area contributed by atoms with Crippen LogP contribution in [0.1, 0.15) is 36.8 Å². The number of esters is 1. The summed E-state index contributed by atoms with van der Waals surface area (Å²) in [5.41, 5.74) is 1.08. The smallest absolute Gasteiger partial charge is 0.407 e. The molecule has 1 aromatic heterocycles. The third kappa shape index (κ3) is 4.51. The summed E-state index contributed by atoms with van der Waals surface area (Å²) in [6.45, 7) is 6.00. The van der Waals surface area contributed by atoms with E-state index in [-0.39, 0.29) is 6.54 Å². The Morgan fingerprint density at radius 3 is 2.60 bits per heavy atom. The van der Waals surface area contributed by atoms with Crippen molar-refractivity contribution in [1.82, 2.24) is 9.88 Å². The van der Waals surface area contributed by atoms with Gasteiger partial charge in [0.15, 0.2) is 0 Å². The van der Waals surface area contributed by atoms with Crippen molar-refractivity contribution in [2.75, 3.05) is 13.7 Å². The third-order valence-electron chi connectivity index (χ3n) is 3.43. The third-order valence-corrected chi connectivity index (χ3v) is 3.43. The molecule has 7 heteroatoms. The van der Waals surface area contributed by atoms with Crippen LogP contribution in [0, 0.1) is 11.3 Å². The molecule has 1 heterocycles. The number of methoxy groups -OCH3 is 1. The summed E-state index contributed by atoms with van der Waals surface area (Å²) < 4.78 is 11.8. The molecule has 2 aromatic rings. The number of fused-ring (bicyclic) bond motifs is 1. The molecule has 0 saturated heterocycles. The number of hydrogen-bond donors (Lipinski definition) is 1. The molecule has 1 aromatic carbocycles. The predicted octanol–water partition coefficient (Wildman–Crippen LogP) is 2.82. The lowest BCUT2D eigenvalue weighted by atomic mass is 10.2. The number of aromatic nitrogens is 1. The highest BCUT2D eigenvalue weighted by molar-refractivity contribution is 5.96. The minimum absolute atomic E-state index is 0.280. The molecular formula is C18H21N3O4. The molecule has 0 atom stereocenters. The zero-order valence-electron chi connectivity index (χ0n) is 14.8. The van der Waals surface area contributed by atoms with Gasteiger partial charge in [-0.3, -0.25) is 0 Å². The monoisotopic (exact) mass is 343 g/mol. The number of amides is 1. The molecule has 0 fully saturated rings. The van der Waals surface area contributed by atoms with Crippen LogP contribution in [-0.4, -0.2) is 35.9 Å². The molecule has 0 aliphatic carbocycles. The molecule has 1 N–H and O–H groups in total. The van der Waals surface area contributed by atoms with Crippen molar-refractivity contribution in [1.29, 1.82) is 5.26 Å². The Morgan fingerprint density at radius 2 is 2.00 bits per heavy atom. The Morgan fingerprint density at radius 1 is 1.28 bits per heavy atom. The number of hydrogen-bond acceptors (Lipinski definition) is 5. The van der Waals surface area contributed by atoms with E-state index in [1.54, 1.807) is 49.6 Å². The van der Waals surface area contributed by atoms with Crippen molar-refractivity contribution >= 4 is 23.0 Å². The van der Waals surface area contributed by atoms with Crippen LogP contribution in [-0.2, 0) is 16.0 Å². The second-order valence-electron chi connectivity index (χ2n) is 6.49. The fourth-order valence-corrected chi connectivity index (χ4v) is 2.44. The summed E-state index contributed by atoms with van der Waals surface area (Å²) in [6, 6.07) is 8.91. The molecule has 0 bridgehead atoms. The lowest BCUT2D eigenvalue weighted by Crippen LogP contribution is -2.34. The Kier molecular flexibility index (Phi) is 5.32. The van der Waals surface area contributed by atoms with E-state index in [0.29, 0.717) is 17.8 Å². The Labute approximate surface area is 146 Å². The van der Waals surface area contributed by atoms with Crippen LogP contribution in [0.2, 0.25) is 0 Å². The van der Waals surface area contributed by atoms with Gasteiger partial charge in [-0.2, -0.15) is 5.26 Å². The molecule has 0 radical (unpaired) electrons. The van der Waals surface area contributed by atoms with Crippen LogP contribution in [0.25, 0.3) is 10.9 Å². The lowest BCUT2D eigenvalue weighted by molar-refractivity contribution is 0.0526. The number of ether oxygens (including phenoxy) is 2. The number of alkyl carbamates (subject to hydrolysis) is 1. The number of nitriles is 1. The molecule has 0 aliphatic heterocycles. The topological polar surface area (TPSA) is 93.4 Å². The quantitative estimate of drug-likeness (QED) is 0.862. The molecule has 2 rings (SSSR count). The van der Waals surface area contributed by atoms with Crippen LogP contribution in [0.3, 0.4) is 0 Å². The molecule has 0 spiro atoms. The average Bonchev–Trinajstić information content (AvgIpc) is 2.90. The number of carbonyl (C=O) groups is 2. The lowest BCUT2D eigenvalue weighted by Gasteiger charge is -2.20. The maximum atomic E-state index is 12.0. The summed E-state index contributed by atoms with van der Waals surface area (Å²) in [6.07, 6.45) is -0.518. The van der Waals surface area contributed by atoms with Crippen LogP contribution >= 0.6 is 0 Å². The van der Waals surface area contributed by atoms with E-state index in [2.05, 4.69) is 11.4 Å². The van der Waals surface area contributed by atoms with E-state index in [9.17, 15) is 9.59 Å². The zero-order valence-corrected chi connectivity index (χ0v) is 14.8. The molecule has 25 heavy (non-hydrogen) atoms. The number of carbonyl (C=O) groups excluding carboxylic acids is 2. The minimum Gasteiger partial charge on any atom is -0.464 e. The van der Waals surface area contributed by atoms with Gasteiger partial charge in [-0.25, -0.2) is 9.59 Å². The predicted molar refractivity (Wildman–Crippen MR) is 92.2 cm³/mol. The SMILES string of the molecule is COC(=O)c1cc2cc(C#N)ccc2n1CCNC(=O)OC(C)(C)C. The molecule has 1 amide bonds. The number of nitrogens with zero attached hydrogens (tertiary/aromatic N) is 2. The van der Waals surface area contributed by atoms with Crippen molar-refractivity contribution in [3.63, 3.8) is 0 Å². The van der Waals surface area contributed by atoms with Crippen LogP contribution in [0.5, 0.6) is 0 Å². The van der Waals surface area contributed by atoms with Gasteiger partial charge < -0.3 is 19.4 Å². The van der Waals surface area contributed by atoms with E-state index in [1.807, 2.05) is 0 Å². The Balaban J connectivity index is 2.22. The van der Waals surface area contributed by atoms with Crippen LogP contribution in [0.4, 0.5) is 4.79 Å². The molecule has 0 unspecified atom stereocenters. The highest BCUT2D eigenvalue weighted by Gasteiger charge is 2.18. The summed E-state index contributed by atoms with van der Waals surface area (Å²) in [5.74, 6) is -0.480. The maximum absolute atomic E-state index is 12.0. The van der Waals surface area contributed by atoms with E-state index < -0.39 is 17.7 Å². The van der Waals surface area contributed by atoms with Gasteiger partial charge >= 0.3 is 12.1 Å². The summed E-state index contributed by atoms with van der Waals surface area (Å²) >= 11 is 0. The van der Waals surface area contributed by atoms with Gasteiger partial charge in [0.25, 0.3) is 0 Å². The Bertz CT molecular complexity index is 840. The van der Waals surface area contributed by atoms with Gasteiger partial charge in [-0.1, -0.05) is 0 Å². The fourth-order valence-electron chi connectivity index (χ4n) is 2.44. The first-order valence-corrected chi connectivity index (χ1v) is 7.83. The molecule has 132 valence electrons. The van der Waals surface area contributed by atoms with E-state index >= 15 is 0 Å².